The van der Waals surface area contributed by atoms with E-state index in [9.17, 15) is 19.1 Å². The second kappa shape index (κ2) is 9.60. The van der Waals surface area contributed by atoms with Gasteiger partial charge in [-0.2, -0.15) is 0 Å². The molecule has 3 aromatic carbocycles. The molecule has 6 nitrogen and oxygen atoms in total. The molecule has 0 saturated carbocycles. The highest BCUT2D eigenvalue weighted by molar-refractivity contribution is 6.52. The molecule has 1 N–H and O–H groups in total. The maximum Gasteiger partial charge on any atom is 0.300 e. The fourth-order valence-electron chi connectivity index (χ4n) is 4.12. The molecule has 1 aliphatic heterocycles. The summed E-state index contributed by atoms with van der Waals surface area (Å²) >= 11 is 12.3. The molecule has 1 atom stereocenters. The lowest BCUT2D eigenvalue weighted by Crippen LogP contribution is -2.29. The number of benzene rings is 3. The summed E-state index contributed by atoms with van der Waals surface area (Å²) in [6.45, 7) is 1.76. The Kier molecular flexibility index (Phi) is 6.74. The van der Waals surface area contributed by atoms with Gasteiger partial charge in [0, 0.05) is 5.69 Å². The molecule has 9 heteroatoms. The van der Waals surface area contributed by atoms with Crippen LogP contribution >= 0.6 is 23.2 Å². The third kappa shape index (κ3) is 4.33. The number of ether oxygens (including phenoxy) is 2. The second-order valence-electron chi connectivity index (χ2n) is 7.87. The van der Waals surface area contributed by atoms with Crippen LogP contribution in [0.25, 0.3) is 5.76 Å². The van der Waals surface area contributed by atoms with Crippen LogP contribution in [0.4, 0.5) is 10.1 Å². The van der Waals surface area contributed by atoms with E-state index in [0.29, 0.717) is 16.9 Å². The number of aryl methyl sites for hydroxylation is 1. The lowest BCUT2D eigenvalue weighted by Gasteiger charge is -2.26. The van der Waals surface area contributed by atoms with Crippen molar-refractivity contribution in [1.82, 2.24) is 0 Å². The van der Waals surface area contributed by atoms with Gasteiger partial charge >= 0.3 is 0 Å². The molecule has 0 radical (unpaired) electrons. The molecule has 0 bridgehead atoms. The van der Waals surface area contributed by atoms with Gasteiger partial charge in [0.1, 0.15) is 23.1 Å². The summed E-state index contributed by atoms with van der Waals surface area (Å²) in [7, 11) is 2.86. The number of amides is 1. The predicted octanol–water partition coefficient (Wildman–Crippen LogP) is 6.08. The maximum atomic E-state index is 13.9. The first-order valence-electron chi connectivity index (χ1n) is 10.4. The Labute approximate surface area is 211 Å². The van der Waals surface area contributed by atoms with Gasteiger partial charge in [-0.05, 0) is 60.5 Å². The van der Waals surface area contributed by atoms with Gasteiger partial charge in [-0.25, -0.2) is 4.39 Å². The quantitative estimate of drug-likeness (QED) is 0.253. The summed E-state index contributed by atoms with van der Waals surface area (Å²) in [5, 5.41) is 11.4. The van der Waals surface area contributed by atoms with Crippen molar-refractivity contribution >= 4 is 46.3 Å². The number of hydrogen-bond donors (Lipinski definition) is 1. The molecule has 1 fully saturated rings. The van der Waals surface area contributed by atoms with E-state index in [0.717, 1.165) is 11.0 Å². The second-order valence-corrected chi connectivity index (χ2v) is 8.69. The lowest BCUT2D eigenvalue weighted by atomic mass is 9.94. The normalized spacial score (nSPS) is 17.1. The highest BCUT2D eigenvalue weighted by atomic mass is 35.5. The fourth-order valence-corrected chi connectivity index (χ4v) is 4.64. The summed E-state index contributed by atoms with van der Waals surface area (Å²) in [6.07, 6.45) is 0. The molecular weight excluding hydrogens is 496 g/mol. The molecule has 1 saturated heterocycles. The van der Waals surface area contributed by atoms with Gasteiger partial charge in [0.2, 0.25) is 0 Å². The van der Waals surface area contributed by atoms with E-state index in [4.69, 9.17) is 32.7 Å². The Morgan fingerprint density at radius 1 is 1.00 bits per heavy atom. The van der Waals surface area contributed by atoms with Crippen molar-refractivity contribution in [3.8, 4) is 11.5 Å². The number of halogens is 3. The van der Waals surface area contributed by atoms with Gasteiger partial charge in [-0.1, -0.05) is 35.3 Å². The lowest BCUT2D eigenvalue weighted by molar-refractivity contribution is -0.132. The van der Waals surface area contributed by atoms with Gasteiger partial charge in [0.15, 0.2) is 0 Å². The van der Waals surface area contributed by atoms with Crippen molar-refractivity contribution < 1.29 is 28.6 Å². The molecule has 0 aromatic heterocycles. The van der Waals surface area contributed by atoms with Crippen molar-refractivity contribution in [3.63, 3.8) is 0 Å². The van der Waals surface area contributed by atoms with E-state index >= 15 is 0 Å². The topological polar surface area (TPSA) is 76.1 Å². The number of aliphatic hydroxyl groups is 1. The van der Waals surface area contributed by atoms with E-state index in [1.807, 2.05) is 0 Å². The SMILES string of the molecule is COc1cccc(C2/C(=C(\O)c3cc(C)cc(Cl)c3OC)C(=O)C(=O)N2c2ccc(F)c(Cl)c2)c1. The fraction of sp³-hybridized carbons (Fsp3) is 0.154. The molecule has 1 aliphatic rings. The highest BCUT2D eigenvalue weighted by Gasteiger charge is 2.47. The third-order valence-electron chi connectivity index (χ3n) is 5.68. The Morgan fingerprint density at radius 2 is 1.74 bits per heavy atom. The maximum absolute atomic E-state index is 13.9. The highest BCUT2D eigenvalue weighted by Crippen LogP contribution is 2.45. The van der Waals surface area contributed by atoms with E-state index in [1.165, 1.54) is 26.4 Å². The minimum atomic E-state index is -1.07. The number of Topliss-reactive ketones (excluding diaryl/α,β-unsaturated/α-hetero) is 1. The van der Waals surface area contributed by atoms with Crippen LogP contribution in [-0.2, 0) is 9.59 Å². The van der Waals surface area contributed by atoms with Crippen molar-refractivity contribution in [1.29, 1.82) is 0 Å². The summed E-state index contributed by atoms with van der Waals surface area (Å²) in [5.41, 5.74) is 1.32. The van der Waals surface area contributed by atoms with E-state index in [1.54, 1.807) is 43.3 Å². The molecule has 35 heavy (non-hydrogen) atoms. The Hall–Kier alpha value is -3.55. The monoisotopic (exact) mass is 515 g/mol. The number of carbonyl (C=O) groups excluding carboxylic acids is 2. The van der Waals surface area contributed by atoms with Gasteiger partial charge in [-0.15, -0.1) is 0 Å². The van der Waals surface area contributed by atoms with Crippen LogP contribution in [-0.4, -0.2) is 31.0 Å². The number of anilines is 1. The van der Waals surface area contributed by atoms with Crippen LogP contribution in [0.1, 0.15) is 22.7 Å². The number of nitrogens with zero attached hydrogens (tertiary/aromatic N) is 1. The number of methoxy groups -OCH3 is 2. The predicted molar refractivity (Wildman–Crippen MR) is 132 cm³/mol. The largest absolute Gasteiger partial charge is 0.507 e. The number of aliphatic hydroxyl groups excluding tert-OH is 1. The summed E-state index contributed by atoms with van der Waals surface area (Å²) in [5.74, 6) is -2.37. The molecular formula is C26H20Cl2FNO5. The molecule has 180 valence electrons. The van der Waals surface area contributed by atoms with Crippen LogP contribution in [0.2, 0.25) is 10.0 Å². The first-order chi connectivity index (χ1) is 16.7. The van der Waals surface area contributed by atoms with Gasteiger partial charge in [-0.3, -0.25) is 14.5 Å². The zero-order valence-electron chi connectivity index (χ0n) is 18.9. The zero-order valence-corrected chi connectivity index (χ0v) is 20.4. The molecule has 0 spiro atoms. The smallest absolute Gasteiger partial charge is 0.300 e. The first kappa shape index (κ1) is 24.6. The van der Waals surface area contributed by atoms with Gasteiger partial charge in [0.05, 0.1) is 41.4 Å². The van der Waals surface area contributed by atoms with Crippen molar-refractivity contribution in [2.24, 2.45) is 0 Å². The Morgan fingerprint density at radius 3 is 2.40 bits per heavy atom. The average molecular weight is 516 g/mol. The van der Waals surface area contributed by atoms with Gasteiger partial charge < -0.3 is 14.6 Å². The summed E-state index contributed by atoms with van der Waals surface area (Å²) in [4.78, 5) is 27.8. The third-order valence-corrected chi connectivity index (χ3v) is 6.25. The molecule has 1 amide bonds. The number of rotatable bonds is 5. The van der Waals surface area contributed by atoms with Gasteiger partial charge in [0.25, 0.3) is 11.7 Å². The van der Waals surface area contributed by atoms with Crippen LogP contribution in [0.5, 0.6) is 11.5 Å². The minimum absolute atomic E-state index is 0.148. The van der Waals surface area contributed by atoms with Crippen molar-refractivity contribution in [3.05, 3.63) is 92.7 Å². The standard InChI is InChI=1S/C26H20Cl2FNO5/c1-13-9-17(25(35-3)19(28)10-13)23(31)21-22(14-5-4-6-16(11-14)34-2)30(26(33)24(21)32)15-7-8-20(29)18(27)12-15/h4-12,22,31H,1-3H3/b23-21+. The van der Waals surface area contributed by atoms with E-state index in [2.05, 4.69) is 0 Å². The average Bonchev–Trinajstić information content (AvgIpc) is 3.10. The Balaban J connectivity index is 2.03. The van der Waals surface area contributed by atoms with Crippen LogP contribution in [0.3, 0.4) is 0 Å². The molecule has 0 aliphatic carbocycles. The van der Waals surface area contributed by atoms with Crippen LogP contribution in [0, 0.1) is 12.7 Å². The van der Waals surface area contributed by atoms with Crippen LogP contribution < -0.4 is 14.4 Å². The molecule has 1 heterocycles. The number of ketones is 1. The summed E-state index contributed by atoms with van der Waals surface area (Å²) < 4.78 is 24.6. The van der Waals surface area contributed by atoms with Crippen molar-refractivity contribution in [2.45, 2.75) is 13.0 Å². The first-order valence-corrected chi connectivity index (χ1v) is 11.2. The Bertz CT molecular complexity index is 1390. The van der Waals surface area contributed by atoms with E-state index in [-0.39, 0.29) is 32.6 Å². The summed E-state index contributed by atoms with van der Waals surface area (Å²) in [6, 6.07) is 12.6. The molecule has 4 rings (SSSR count). The zero-order chi connectivity index (χ0) is 25.4. The van der Waals surface area contributed by atoms with Crippen molar-refractivity contribution in [2.75, 3.05) is 19.1 Å². The number of carbonyl (C=O) groups is 2. The van der Waals surface area contributed by atoms with Crippen LogP contribution in [0.15, 0.2) is 60.2 Å². The van der Waals surface area contributed by atoms with E-state index < -0.39 is 29.3 Å². The molecule has 1 unspecified atom stereocenters. The molecule has 3 aromatic rings. The minimum Gasteiger partial charge on any atom is -0.507 e. The number of hydrogen-bond acceptors (Lipinski definition) is 5.